The SMILES string of the molecule is CCCCC/C=C\C/C=C\CCCCCCCC(=O)OCCCCCCCCCCCCCCCCCC(=O)NC(CO)C(O)/C=C/CCCCCCCCCCCCCCCCCCCCCCCCC. The number of aliphatic hydroxyl groups is 2. The first-order valence-corrected chi connectivity index (χ1v) is 32.3. The van der Waals surface area contributed by atoms with Gasteiger partial charge < -0.3 is 20.3 Å². The molecule has 0 bridgehead atoms. The van der Waals surface area contributed by atoms with E-state index in [1.807, 2.05) is 6.08 Å². The summed E-state index contributed by atoms with van der Waals surface area (Å²) in [7, 11) is 0. The molecule has 424 valence electrons. The molecule has 2 atom stereocenters. The Hall–Kier alpha value is -1.92. The topological polar surface area (TPSA) is 95.9 Å². The smallest absolute Gasteiger partial charge is 0.305 e. The molecule has 0 heterocycles. The van der Waals surface area contributed by atoms with Crippen LogP contribution in [-0.2, 0) is 14.3 Å². The predicted octanol–water partition coefficient (Wildman–Crippen LogP) is 20.4. The van der Waals surface area contributed by atoms with Gasteiger partial charge in [0.2, 0.25) is 5.91 Å². The summed E-state index contributed by atoms with van der Waals surface area (Å²) >= 11 is 0. The van der Waals surface area contributed by atoms with Gasteiger partial charge in [-0.15, -0.1) is 0 Å². The molecule has 0 aliphatic heterocycles. The maximum Gasteiger partial charge on any atom is 0.305 e. The van der Waals surface area contributed by atoms with Crippen molar-refractivity contribution in [2.45, 2.75) is 360 Å². The number of esters is 1. The van der Waals surface area contributed by atoms with Gasteiger partial charge in [-0.2, -0.15) is 0 Å². The fourth-order valence-corrected chi connectivity index (χ4v) is 9.96. The van der Waals surface area contributed by atoms with Crippen LogP contribution < -0.4 is 5.32 Å². The van der Waals surface area contributed by atoms with Gasteiger partial charge >= 0.3 is 5.97 Å². The maximum atomic E-state index is 12.5. The summed E-state index contributed by atoms with van der Waals surface area (Å²) in [4.78, 5) is 24.6. The number of nitrogens with one attached hydrogen (secondary N) is 1. The number of unbranched alkanes of at least 4 members (excludes halogenated alkanes) is 45. The van der Waals surface area contributed by atoms with Crippen LogP contribution in [0.1, 0.15) is 348 Å². The van der Waals surface area contributed by atoms with Crippen molar-refractivity contribution in [1.29, 1.82) is 0 Å². The van der Waals surface area contributed by atoms with Gasteiger partial charge in [-0.25, -0.2) is 0 Å². The molecule has 0 aromatic rings. The van der Waals surface area contributed by atoms with Gasteiger partial charge in [0.15, 0.2) is 0 Å². The molecule has 3 N–H and O–H groups in total. The van der Waals surface area contributed by atoms with E-state index in [1.54, 1.807) is 6.08 Å². The quantitative estimate of drug-likeness (QED) is 0.0320. The van der Waals surface area contributed by atoms with Crippen molar-refractivity contribution in [1.82, 2.24) is 5.32 Å². The van der Waals surface area contributed by atoms with E-state index in [1.165, 1.54) is 257 Å². The fraction of sp³-hybridized carbons (Fsp3) is 0.879. The number of amides is 1. The molecule has 2 unspecified atom stereocenters. The zero-order valence-electron chi connectivity index (χ0n) is 48.4. The monoisotopic (exact) mass is 1010 g/mol. The Labute approximate surface area is 449 Å². The molecule has 0 radical (unpaired) electrons. The minimum Gasteiger partial charge on any atom is -0.466 e. The Bertz CT molecular complexity index is 1170. The highest BCUT2D eigenvalue weighted by Gasteiger charge is 2.18. The van der Waals surface area contributed by atoms with Gasteiger partial charge in [-0.3, -0.25) is 9.59 Å². The number of ether oxygens (including phenoxy) is 1. The molecule has 0 spiro atoms. The standard InChI is InChI=1S/C66H125NO5/c1-3-5-7-9-11-13-15-17-19-20-21-22-23-24-25-26-27-28-31-34-38-42-46-50-54-58-64(69)63(62-68)67-65(70)59-55-51-47-43-39-35-32-29-33-37-41-45-49-53-57-61-72-66(71)60-56-52-48-44-40-36-30-18-16-14-12-10-8-6-4-2/h12,14,18,30,54,58,63-64,68-69H,3-11,13,15-17,19-29,31-53,55-57,59-62H2,1-2H3,(H,67,70)/b14-12-,30-18-,58-54+. The molecule has 6 heteroatoms. The first-order chi connectivity index (χ1) is 35.5. The molecule has 0 aliphatic carbocycles. The van der Waals surface area contributed by atoms with Crippen molar-refractivity contribution >= 4 is 11.9 Å². The summed E-state index contributed by atoms with van der Waals surface area (Å²) in [6, 6.07) is -0.637. The second kappa shape index (κ2) is 61.6. The summed E-state index contributed by atoms with van der Waals surface area (Å²) < 4.78 is 5.47. The molecule has 72 heavy (non-hydrogen) atoms. The number of hydrogen-bond donors (Lipinski definition) is 3. The average Bonchev–Trinajstić information content (AvgIpc) is 3.38. The molecular weight excluding hydrogens is 887 g/mol. The van der Waals surface area contributed by atoms with Crippen LogP contribution >= 0.6 is 0 Å². The van der Waals surface area contributed by atoms with Gasteiger partial charge in [0.25, 0.3) is 0 Å². The van der Waals surface area contributed by atoms with E-state index in [0.717, 1.165) is 64.2 Å². The van der Waals surface area contributed by atoms with Crippen molar-refractivity contribution in [3.8, 4) is 0 Å². The summed E-state index contributed by atoms with van der Waals surface area (Å²) in [6.45, 7) is 4.88. The maximum absolute atomic E-state index is 12.5. The lowest BCUT2D eigenvalue weighted by Crippen LogP contribution is -2.45. The van der Waals surface area contributed by atoms with Crippen LogP contribution in [0.25, 0.3) is 0 Å². The Morgan fingerprint density at radius 3 is 1.08 bits per heavy atom. The van der Waals surface area contributed by atoms with E-state index < -0.39 is 12.1 Å². The van der Waals surface area contributed by atoms with Crippen molar-refractivity contribution in [3.05, 3.63) is 36.5 Å². The molecule has 1 amide bonds. The second-order valence-corrected chi connectivity index (χ2v) is 22.1. The van der Waals surface area contributed by atoms with Crippen LogP contribution in [0.3, 0.4) is 0 Å². The fourth-order valence-electron chi connectivity index (χ4n) is 9.96. The molecule has 0 saturated heterocycles. The van der Waals surface area contributed by atoms with Crippen LogP contribution in [0.4, 0.5) is 0 Å². The van der Waals surface area contributed by atoms with E-state index in [4.69, 9.17) is 4.74 Å². The Morgan fingerprint density at radius 2 is 0.694 bits per heavy atom. The Balaban J connectivity index is 3.47. The Kier molecular flexibility index (Phi) is 60.0. The van der Waals surface area contributed by atoms with E-state index in [2.05, 4.69) is 43.5 Å². The van der Waals surface area contributed by atoms with Gasteiger partial charge in [0, 0.05) is 12.8 Å². The van der Waals surface area contributed by atoms with Crippen LogP contribution in [0.15, 0.2) is 36.5 Å². The summed E-state index contributed by atoms with van der Waals surface area (Å²) in [5.41, 5.74) is 0. The average molecular weight is 1010 g/mol. The van der Waals surface area contributed by atoms with Gasteiger partial charge in [0.05, 0.1) is 25.4 Å². The van der Waals surface area contributed by atoms with E-state index in [0.29, 0.717) is 19.4 Å². The normalized spacial score (nSPS) is 12.8. The molecule has 6 nitrogen and oxygen atoms in total. The molecule has 0 fully saturated rings. The molecule has 0 aromatic heterocycles. The van der Waals surface area contributed by atoms with Crippen molar-refractivity contribution < 1.29 is 24.5 Å². The first-order valence-electron chi connectivity index (χ1n) is 32.3. The number of rotatable bonds is 60. The zero-order chi connectivity index (χ0) is 52.2. The lowest BCUT2D eigenvalue weighted by atomic mass is 10.0. The Morgan fingerprint density at radius 1 is 0.389 bits per heavy atom. The minimum absolute atomic E-state index is 0.0139. The van der Waals surface area contributed by atoms with Gasteiger partial charge in [-0.1, -0.05) is 307 Å². The van der Waals surface area contributed by atoms with Crippen LogP contribution in [0.2, 0.25) is 0 Å². The van der Waals surface area contributed by atoms with E-state index in [9.17, 15) is 19.8 Å². The number of allylic oxidation sites excluding steroid dienone is 5. The third kappa shape index (κ3) is 57.4. The number of carbonyl (C=O) groups is 2. The second-order valence-electron chi connectivity index (χ2n) is 22.1. The van der Waals surface area contributed by atoms with E-state index >= 15 is 0 Å². The molecule has 0 rings (SSSR count). The minimum atomic E-state index is -0.853. The summed E-state index contributed by atoms with van der Waals surface area (Å²) in [5, 5.41) is 23.2. The molecule has 0 aromatic carbocycles. The largest absolute Gasteiger partial charge is 0.466 e. The van der Waals surface area contributed by atoms with E-state index in [-0.39, 0.29) is 18.5 Å². The number of hydrogen-bond acceptors (Lipinski definition) is 5. The van der Waals surface area contributed by atoms with Gasteiger partial charge in [-0.05, 0) is 64.2 Å². The van der Waals surface area contributed by atoms with Gasteiger partial charge in [0.1, 0.15) is 0 Å². The third-order valence-corrected chi connectivity index (χ3v) is 14.9. The molecule has 0 saturated carbocycles. The zero-order valence-corrected chi connectivity index (χ0v) is 48.4. The van der Waals surface area contributed by atoms with Crippen molar-refractivity contribution in [2.24, 2.45) is 0 Å². The molecule has 0 aliphatic rings. The highest BCUT2D eigenvalue weighted by Crippen LogP contribution is 2.18. The van der Waals surface area contributed by atoms with Crippen molar-refractivity contribution in [2.75, 3.05) is 13.2 Å². The predicted molar refractivity (Wildman–Crippen MR) is 315 cm³/mol. The van der Waals surface area contributed by atoms with Crippen LogP contribution in [-0.4, -0.2) is 47.4 Å². The number of carbonyl (C=O) groups excluding carboxylic acids is 2. The molecular formula is C66H125NO5. The van der Waals surface area contributed by atoms with Crippen LogP contribution in [0, 0.1) is 0 Å². The third-order valence-electron chi connectivity index (χ3n) is 14.9. The highest BCUT2D eigenvalue weighted by molar-refractivity contribution is 5.76. The first kappa shape index (κ1) is 70.1. The highest BCUT2D eigenvalue weighted by atomic mass is 16.5. The lowest BCUT2D eigenvalue weighted by molar-refractivity contribution is -0.143. The van der Waals surface area contributed by atoms with Crippen molar-refractivity contribution in [3.63, 3.8) is 0 Å². The summed E-state index contributed by atoms with van der Waals surface area (Å²) in [6.07, 6.45) is 77.6. The van der Waals surface area contributed by atoms with Crippen LogP contribution in [0.5, 0.6) is 0 Å². The lowest BCUT2D eigenvalue weighted by Gasteiger charge is -2.20. The summed E-state index contributed by atoms with van der Waals surface area (Å²) in [5.74, 6) is -0.0877. The number of aliphatic hydroxyl groups excluding tert-OH is 2.